The van der Waals surface area contributed by atoms with Crippen LogP contribution in [0.25, 0.3) is 0 Å². The Morgan fingerprint density at radius 2 is 1.70 bits per heavy atom. The number of hydrogen-bond donors (Lipinski definition) is 2. The molecule has 46 heavy (non-hydrogen) atoms. The summed E-state index contributed by atoms with van der Waals surface area (Å²) in [6, 6.07) is 17.0. The molecule has 3 aromatic carbocycles. The van der Waals surface area contributed by atoms with Crippen LogP contribution in [-0.2, 0) is 24.6 Å². The van der Waals surface area contributed by atoms with Crippen LogP contribution in [0.3, 0.4) is 0 Å². The first kappa shape index (κ1) is 30.0. The van der Waals surface area contributed by atoms with E-state index in [-0.39, 0.29) is 36.3 Å². The first-order valence-corrected chi connectivity index (χ1v) is 15.6. The van der Waals surface area contributed by atoms with Gasteiger partial charge in [0.25, 0.3) is 11.8 Å². The van der Waals surface area contributed by atoms with Gasteiger partial charge in [-0.05, 0) is 85.3 Å². The molecule has 3 aromatic rings. The van der Waals surface area contributed by atoms with Crippen LogP contribution in [0.2, 0.25) is 5.02 Å². The number of amides is 4. The molecule has 9 nitrogen and oxygen atoms in total. The average Bonchev–Trinajstić information content (AvgIpc) is 3.42. The van der Waals surface area contributed by atoms with Gasteiger partial charge in [-0.15, -0.1) is 0 Å². The molecule has 3 fully saturated rings. The summed E-state index contributed by atoms with van der Waals surface area (Å²) < 4.78 is 19.1. The zero-order chi connectivity index (χ0) is 32.5. The molecule has 6 unspecified atom stereocenters. The van der Waals surface area contributed by atoms with Crippen molar-refractivity contribution in [3.05, 3.63) is 100 Å². The number of phenols is 1. The van der Waals surface area contributed by atoms with Crippen molar-refractivity contribution in [2.45, 2.75) is 31.1 Å². The number of carbonyl (C=O) groups excluding carboxylic acids is 4. The van der Waals surface area contributed by atoms with Gasteiger partial charge in [0.15, 0.2) is 11.5 Å². The van der Waals surface area contributed by atoms with Crippen molar-refractivity contribution in [1.29, 1.82) is 0 Å². The number of aromatic hydroxyl groups is 1. The maximum Gasteiger partial charge on any atom is 0.260 e. The van der Waals surface area contributed by atoms with Crippen LogP contribution in [0.15, 0.2) is 78.4 Å². The van der Waals surface area contributed by atoms with Gasteiger partial charge in [-0.1, -0.05) is 41.4 Å². The predicted molar refractivity (Wildman–Crippen MR) is 166 cm³/mol. The number of likely N-dealkylation sites (tertiary alicyclic amines) is 1. The summed E-state index contributed by atoms with van der Waals surface area (Å²) in [7, 11) is 1.43. The van der Waals surface area contributed by atoms with Crippen molar-refractivity contribution >= 4 is 40.9 Å². The van der Waals surface area contributed by atoms with Crippen molar-refractivity contribution in [2.24, 2.45) is 23.7 Å². The SMILES string of the molecule is CCN1C(=O)C2CC=C3C(CC4C(=O)N(Nc5ccc(F)cc5)C(=O)C4(c4ccc(Cl)cc4)C3c3ccc(OC)c(O)c3)C2C1=O. The van der Waals surface area contributed by atoms with Crippen molar-refractivity contribution in [2.75, 3.05) is 19.1 Å². The second-order valence-electron chi connectivity index (χ2n) is 12.2. The Balaban J connectivity index is 1.47. The molecular weight excluding hydrogens is 613 g/mol. The van der Waals surface area contributed by atoms with Gasteiger partial charge >= 0.3 is 0 Å². The number of ether oxygens (including phenoxy) is 1. The summed E-state index contributed by atoms with van der Waals surface area (Å²) in [5.74, 6) is -5.51. The van der Waals surface area contributed by atoms with Gasteiger partial charge in [-0.2, -0.15) is 5.01 Å². The van der Waals surface area contributed by atoms with E-state index in [0.717, 1.165) is 10.6 Å². The fourth-order valence-electron chi connectivity index (χ4n) is 8.29. The van der Waals surface area contributed by atoms with E-state index in [9.17, 15) is 23.9 Å². The molecule has 6 atom stereocenters. The lowest BCUT2D eigenvalue weighted by Gasteiger charge is -2.50. The molecule has 0 spiro atoms. The molecule has 2 saturated heterocycles. The van der Waals surface area contributed by atoms with Gasteiger partial charge in [0.05, 0.1) is 36.0 Å². The molecule has 0 aromatic heterocycles. The lowest BCUT2D eigenvalue weighted by atomic mass is 9.49. The molecule has 0 bridgehead atoms. The van der Waals surface area contributed by atoms with E-state index in [4.69, 9.17) is 16.3 Å². The third-order valence-corrected chi connectivity index (χ3v) is 10.5. The average molecular weight is 644 g/mol. The lowest BCUT2D eigenvalue weighted by Crippen LogP contribution is -2.53. The Morgan fingerprint density at radius 1 is 0.978 bits per heavy atom. The minimum Gasteiger partial charge on any atom is -0.504 e. The standard InChI is InChI=1S/C35H31ClFN3O6/c1-3-39-31(42)24-14-13-23-25(29(24)33(39)44)17-26-32(43)40(38-22-11-9-21(37)10-12-22)34(45)35(26,19-5-7-20(36)8-6-19)30(23)18-4-15-28(46-2)27(41)16-18/h4-13,15-16,24-26,29-30,38,41H,3,14,17H2,1-2H3. The van der Waals surface area contributed by atoms with E-state index in [1.807, 2.05) is 6.08 Å². The van der Waals surface area contributed by atoms with Gasteiger partial charge < -0.3 is 9.84 Å². The highest BCUT2D eigenvalue weighted by Gasteiger charge is 2.70. The molecule has 2 aliphatic heterocycles. The number of fused-ring (bicyclic) bond motifs is 4. The minimum atomic E-state index is -1.53. The molecular formula is C35H31ClFN3O6. The number of halogens is 2. The number of imide groups is 2. The lowest BCUT2D eigenvalue weighted by molar-refractivity contribution is -0.141. The summed E-state index contributed by atoms with van der Waals surface area (Å²) >= 11 is 6.30. The third kappa shape index (κ3) is 4.19. The highest BCUT2D eigenvalue weighted by molar-refractivity contribution is 6.30. The highest BCUT2D eigenvalue weighted by Crippen LogP contribution is 2.64. The second-order valence-corrected chi connectivity index (χ2v) is 12.7. The Bertz CT molecular complexity index is 1810. The fourth-order valence-corrected chi connectivity index (χ4v) is 8.42. The van der Waals surface area contributed by atoms with Gasteiger partial charge in [-0.3, -0.25) is 29.5 Å². The van der Waals surface area contributed by atoms with E-state index >= 15 is 4.79 Å². The van der Waals surface area contributed by atoms with Crippen molar-refractivity contribution in [3.63, 3.8) is 0 Å². The molecule has 2 N–H and O–H groups in total. The summed E-state index contributed by atoms with van der Waals surface area (Å²) in [5.41, 5.74) is 3.56. The first-order chi connectivity index (χ1) is 22.1. The van der Waals surface area contributed by atoms with Gasteiger partial charge in [0.2, 0.25) is 11.8 Å². The molecule has 2 heterocycles. The summed E-state index contributed by atoms with van der Waals surface area (Å²) in [4.78, 5) is 57.9. The van der Waals surface area contributed by atoms with E-state index in [1.165, 1.54) is 42.3 Å². The molecule has 1 saturated carbocycles. The molecule has 11 heteroatoms. The third-order valence-electron chi connectivity index (χ3n) is 10.2. The second kappa shape index (κ2) is 11.0. The van der Waals surface area contributed by atoms with Crippen LogP contribution in [-0.4, -0.2) is 52.3 Å². The summed E-state index contributed by atoms with van der Waals surface area (Å²) in [6.45, 7) is 2.00. The normalized spacial score (nSPS) is 28.5. The van der Waals surface area contributed by atoms with Crippen LogP contribution in [0.5, 0.6) is 11.5 Å². The topological polar surface area (TPSA) is 116 Å². The van der Waals surface area contributed by atoms with Gasteiger partial charge in [-0.25, -0.2) is 4.39 Å². The van der Waals surface area contributed by atoms with E-state index in [1.54, 1.807) is 43.3 Å². The zero-order valence-electron chi connectivity index (χ0n) is 25.1. The minimum absolute atomic E-state index is 0.136. The number of rotatable bonds is 6. The Kier molecular flexibility index (Phi) is 7.15. The molecule has 236 valence electrons. The van der Waals surface area contributed by atoms with E-state index < -0.39 is 52.6 Å². The fraction of sp³-hybridized carbons (Fsp3) is 0.314. The Labute approximate surface area is 269 Å². The van der Waals surface area contributed by atoms with E-state index in [0.29, 0.717) is 28.3 Å². The van der Waals surface area contributed by atoms with Crippen molar-refractivity contribution in [3.8, 4) is 11.5 Å². The Morgan fingerprint density at radius 3 is 2.35 bits per heavy atom. The molecule has 7 rings (SSSR count). The number of allylic oxidation sites excluding steroid dienone is 2. The molecule has 4 aliphatic rings. The monoisotopic (exact) mass is 643 g/mol. The number of hydrazine groups is 1. The van der Waals surface area contributed by atoms with Crippen LogP contribution in [0, 0.1) is 29.5 Å². The first-order valence-electron chi connectivity index (χ1n) is 15.2. The van der Waals surface area contributed by atoms with Crippen LogP contribution in [0.4, 0.5) is 10.1 Å². The number of anilines is 1. The molecule has 0 radical (unpaired) electrons. The molecule has 4 amide bonds. The van der Waals surface area contributed by atoms with Crippen LogP contribution < -0.4 is 10.2 Å². The number of methoxy groups -OCH3 is 1. The maximum atomic E-state index is 15.0. The van der Waals surface area contributed by atoms with E-state index in [2.05, 4.69) is 5.43 Å². The number of hydrogen-bond acceptors (Lipinski definition) is 7. The van der Waals surface area contributed by atoms with Crippen molar-refractivity contribution in [1.82, 2.24) is 9.91 Å². The van der Waals surface area contributed by atoms with Gasteiger partial charge in [0, 0.05) is 17.5 Å². The molecule has 2 aliphatic carbocycles. The van der Waals surface area contributed by atoms with Crippen LogP contribution in [0.1, 0.15) is 36.8 Å². The van der Waals surface area contributed by atoms with Crippen LogP contribution >= 0.6 is 11.6 Å². The smallest absolute Gasteiger partial charge is 0.260 e. The number of phenolic OH excluding ortho intramolecular Hbond substituents is 1. The predicted octanol–water partition coefficient (Wildman–Crippen LogP) is 5.20. The summed E-state index contributed by atoms with van der Waals surface area (Å²) in [6.07, 6.45) is 2.39. The zero-order valence-corrected chi connectivity index (χ0v) is 25.8. The number of nitrogens with zero attached hydrogens (tertiary/aromatic N) is 2. The number of benzene rings is 3. The Hall–Kier alpha value is -4.70. The maximum absolute atomic E-state index is 15.0. The number of carbonyl (C=O) groups is 4. The van der Waals surface area contributed by atoms with Crippen molar-refractivity contribution < 1.29 is 33.4 Å². The quantitative estimate of drug-likeness (QED) is 0.280. The van der Waals surface area contributed by atoms with Gasteiger partial charge in [0.1, 0.15) is 5.82 Å². The summed E-state index contributed by atoms with van der Waals surface area (Å²) in [5, 5.41) is 12.4. The largest absolute Gasteiger partial charge is 0.504 e. The highest BCUT2D eigenvalue weighted by atomic mass is 35.5. The number of nitrogens with one attached hydrogen (secondary N) is 1.